The van der Waals surface area contributed by atoms with Crippen LogP contribution in [0.4, 0.5) is 74.6 Å². The van der Waals surface area contributed by atoms with Crippen LogP contribution in [0.3, 0.4) is 0 Å². The molecule has 0 saturated carbocycles. The fourth-order valence-corrected chi connectivity index (χ4v) is 1.75. The van der Waals surface area contributed by atoms with Crippen LogP contribution in [-0.4, -0.2) is 59.9 Å². The van der Waals surface area contributed by atoms with Gasteiger partial charge in [-0.05, 0) is 0 Å². The Morgan fingerprint density at radius 1 is 0.433 bits per heavy atom. The maximum Gasteiger partial charge on any atom is 0.460 e. The highest BCUT2D eigenvalue weighted by Gasteiger charge is 2.95. The van der Waals surface area contributed by atoms with Crippen LogP contribution in [0.2, 0.25) is 0 Å². The zero-order valence-electron chi connectivity index (χ0n) is 12.5. The molecule has 22 heteroatoms. The van der Waals surface area contributed by atoms with Crippen molar-refractivity contribution in [1.29, 1.82) is 0 Å². The van der Waals surface area contributed by atoms with Gasteiger partial charge in [0.2, 0.25) is 24.0 Å². The molecule has 3 nitrogen and oxygen atoms in total. The third-order valence-electron chi connectivity index (χ3n) is 3.01. The summed E-state index contributed by atoms with van der Waals surface area (Å²) in [5, 5.41) is -7.95. The molecule has 0 heterocycles. The zero-order valence-corrected chi connectivity index (χ0v) is 15.9. The normalized spacial score (nSPS) is 16.3. The zero-order chi connectivity index (χ0) is 24.5. The van der Waals surface area contributed by atoms with Gasteiger partial charge >= 0.3 is 47.0 Å². The summed E-state index contributed by atoms with van der Waals surface area (Å²) in [6.45, 7) is 0. The third-order valence-corrected chi connectivity index (χ3v) is 3.89. The summed E-state index contributed by atoms with van der Waals surface area (Å²) in [6, 6.07) is 0. The van der Waals surface area contributed by atoms with Gasteiger partial charge in [0.05, 0.1) is 0 Å². The molecule has 0 radical (unpaired) electrons. The fourth-order valence-electron chi connectivity index (χ4n) is 1.31. The second-order valence-electron chi connectivity index (χ2n) is 4.92. The minimum atomic E-state index is -8.92. The Hall–Kier alpha value is -0.550. The van der Waals surface area contributed by atoms with Gasteiger partial charge in [-0.2, -0.15) is 74.6 Å². The lowest BCUT2D eigenvalue weighted by molar-refractivity contribution is -0.458. The van der Waals surface area contributed by atoms with Crippen LogP contribution in [0.1, 0.15) is 0 Å². The molecule has 0 rings (SSSR count). The van der Waals surface area contributed by atoms with E-state index in [1.807, 2.05) is 0 Å². The summed E-state index contributed by atoms with van der Waals surface area (Å²) < 4.78 is 244. The number of rotatable bonds is 7. The average Bonchev–Trinajstić information content (AvgIpc) is 2.43. The molecule has 0 aliphatic rings. The Morgan fingerprint density at radius 3 is 0.833 bits per heavy atom. The van der Waals surface area contributed by atoms with Gasteiger partial charge in [-0.3, -0.25) is 0 Å². The van der Waals surface area contributed by atoms with E-state index < -0.39 is 57.1 Å². The Balaban J connectivity index is 0. The van der Waals surface area contributed by atoms with Crippen molar-refractivity contribution in [2.75, 3.05) is 0 Å². The lowest BCUT2D eigenvalue weighted by Gasteiger charge is -2.42. The number of hydrogen-bond donors (Lipinski definition) is 0. The van der Waals surface area contributed by atoms with Crippen molar-refractivity contribution in [2.24, 2.45) is 0 Å². The summed E-state index contributed by atoms with van der Waals surface area (Å²) in [6.07, 6.45) is -7.89. The van der Waals surface area contributed by atoms with E-state index in [1.54, 1.807) is 0 Å². The number of hydrogen-bond acceptors (Lipinski definition) is 3. The molecule has 0 spiro atoms. The van der Waals surface area contributed by atoms with Crippen LogP contribution in [0.5, 0.6) is 0 Å². The standard InChI is InChI=1S/C8HF17O3S.H2I/c9-1(10,3(13,14)5(17,18)7(21,22)23)2(11,12)4(15,16)6(19,20)8(24,25)29(26,27)28;/h(H,26,27,28);1H2/q;+1/p-1. The lowest BCUT2D eigenvalue weighted by Crippen LogP contribution is -3.00. The summed E-state index contributed by atoms with van der Waals surface area (Å²) in [5.41, 5.74) is 0. The van der Waals surface area contributed by atoms with E-state index in [-0.39, 0.29) is 24.0 Å². The molecule has 0 atom stereocenters. The van der Waals surface area contributed by atoms with Gasteiger partial charge in [-0.15, -0.1) is 0 Å². The Kier molecular flexibility index (Phi) is 7.91. The van der Waals surface area contributed by atoms with Gasteiger partial charge in [-0.1, -0.05) is 0 Å². The molecule has 0 saturated heterocycles. The highest BCUT2D eigenvalue weighted by atomic mass is 127. The molecule has 0 amide bonds. The van der Waals surface area contributed by atoms with Crippen LogP contribution in [0.15, 0.2) is 0 Å². The van der Waals surface area contributed by atoms with Crippen molar-refractivity contribution >= 4 is 10.1 Å². The molecular formula is C8H2F17IO3S. The number of halogens is 18. The second kappa shape index (κ2) is 7.50. The Bertz CT molecular complexity index is 739. The molecule has 0 aromatic rings. The van der Waals surface area contributed by atoms with Crippen molar-refractivity contribution in [2.45, 2.75) is 47.0 Å². The first kappa shape index (κ1) is 31.6. The smallest absolute Gasteiger partial charge is 0.460 e. The first-order valence-electron chi connectivity index (χ1n) is 5.67. The molecule has 0 aliphatic heterocycles. The largest absolute Gasteiger partial charge is 0.743 e. The van der Waals surface area contributed by atoms with Crippen molar-refractivity contribution in [1.82, 2.24) is 0 Å². The van der Waals surface area contributed by atoms with Gasteiger partial charge in [0.1, 0.15) is 0 Å². The van der Waals surface area contributed by atoms with Crippen LogP contribution >= 0.6 is 0 Å². The predicted octanol–water partition coefficient (Wildman–Crippen LogP) is 0.967. The minimum Gasteiger partial charge on any atom is -0.743 e. The van der Waals surface area contributed by atoms with Crippen molar-refractivity contribution in [3.63, 3.8) is 0 Å². The van der Waals surface area contributed by atoms with Crippen molar-refractivity contribution in [3.05, 3.63) is 0 Å². The van der Waals surface area contributed by atoms with E-state index in [2.05, 4.69) is 0 Å². The summed E-state index contributed by atoms with van der Waals surface area (Å²) >= 11 is 0. The molecule has 0 unspecified atom stereocenters. The van der Waals surface area contributed by atoms with Crippen molar-refractivity contribution < 1.29 is 112 Å². The highest BCUT2D eigenvalue weighted by molar-refractivity contribution is 7.86. The van der Waals surface area contributed by atoms with E-state index in [9.17, 15) is 87.6 Å². The maximum atomic E-state index is 13.0. The summed E-state index contributed by atoms with van der Waals surface area (Å²) in [7, 11) is -8.14. The van der Waals surface area contributed by atoms with E-state index in [0.29, 0.717) is 0 Å². The van der Waals surface area contributed by atoms with E-state index in [1.165, 1.54) is 0 Å². The van der Waals surface area contributed by atoms with Crippen molar-refractivity contribution in [3.8, 4) is 0 Å². The predicted molar refractivity (Wildman–Crippen MR) is 53.2 cm³/mol. The average molecular weight is 628 g/mol. The van der Waals surface area contributed by atoms with Gasteiger partial charge in [0.15, 0.2) is 10.1 Å². The third kappa shape index (κ3) is 3.76. The second-order valence-corrected chi connectivity index (χ2v) is 6.34. The quantitative estimate of drug-likeness (QED) is 0.240. The van der Waals surface area contributed by atoms with Crippen LogP contribution in [0, 0.1) is 0 Å². The minimum absolute atomic E-state index is 0. The Morgan fingerprint density at radius 2 is 0.633 bits per heavy atom. The molecule has 0 bridgehead atoms. The van der Waals surface area contributed by atoms with Crippen LogP contribution in [0.25, 0.3) is 0 Å². The summed E-state index contributed by atoms with van der Waals surface area (Å²) in [4.78, 5) is 0. The van der Waals surface area contributed by atoms with Gasteiger partial charge in [-0.25, -0.2) is 8.42 Å². The molecule has 0 aromatic heterocycles. The van der Waals surface area contributed by atoms with Crippen LogP contribution < -0.4 is 24.0 Å². The molecule has 184 valence electrons. The van der Waals surface area contributed by atoms with E-state index in [4.69, 9.17) is 0 Å². The van der Waals surface area contributed by atoms with Gasteiger partial charge in [0, 0.05) is 0 Å². The molecule has 0 N–H and O–H groups in total. The monoisotopic (exact) mass is 628 g/mol. The molecule has 0 fully saturated rings. The molecular weight excluding hydrogens is 626 g/mol. The SMILES string of the molecule is O=S(=O)([O-])C(F)(F)C(F)(F)C(F)(F)C(F)(F)C(F)(F)C(F)(F)C(F)(F)C(F)(F)F.[IH2+]. The van der Waals surface area contributed by atoms with Gasteiger partial charge in [0.25, 0.3) is 0 Å². The van der Waals surface area contributed by atoms with E-state index >= 15 is 0 Å². The Labute approximate surface area is 169 Å². The molecule has 0 aromatic carbocycles. The van der Waals surface area contributed by atoms with Crippen LogP contribution in [-0.2, 0) is 10.1 Å². The number of alkyl halides is 17. The first-order chi connectivity index (χ1) is 12.0. The van der Waals surface area contributed by atoms with Gasteiger partial charge < -0.3 is 4.55 Å². The molecule has 0 aliphatic carbocycles. The maximum absolute atomic E-state index is 13.0. The lowest BCUT2D eigenvalue weighted by atomic mass is 9.91. The molecule has 30 heavy (non-hydrogen) atoms. The topological polar surface area (TPSA) is 57.2 Å². The summed E-state index contributed by atoms with van der Waals surface area (Å²) in [5.74, 6) is -52.1. The van der Waals surface area contributed by atoms with E-state index in [0.717, 1.165) is 0 Å². The first-order valence-corrected chi connectivity index (χ1v) is 7.08. The fraction of sp³-hybridized carbons (Fsp3) is 1.00. The highest BCUT2D eigenvalue weighted by Crippen LogP contribution is 2.64.